The summed E-state index contributed by atoms with van der Waals surface area (Å²) in [5.41, 5.74) is 0.692. The quantitative estimate of drug-likeness (QED) is 0.686. The lowest BCUT2D eigenvalue weighted by Gasteiger charge is -2.19. The molecular weight excluding hydrogens is 327 g/mol. The zero-order valence-corrected chi connectivity index (χ0v) is 14.0. The molecule has 0 aliphatic rings. The lowest BCUT2D eigenvalue weighted by atomic mass is 10.2. The van der Waals surface area contributed by atoms with Gasteiger partial charge >= 0.3 is 0 Å². The number of aromatic hydroxyl groups is 1. The minimum Gasteiger partial charge on any atom is -0.508 e. The molecule has 3 aromatic carbocycles. The molecule has 0 radical (unpaired) electrons. The van der Waals surface area contributed by atoms with Crippen LogP contribution in [0, 0.1) is 0 Å². The molecule has 23 heavy (non-hydrogen) atoms. The summed E-state index contributed by atoms with van der Waals surface area (Å²) in [6.07, 6.45) is 0. The maximum atomic E-state index is 9.96. The largest absolute Gasteiger partial charge is 0.508 e. The second-order valence-corrected chi connectivity index (χ2v) is 7.33. The Bertz CT molecular complexity index is 723. The van der Waals surface area contributed by atoms with Gasteiger partial charge in [0.1, 0.15) is 5.75 Å². The van der Waals surface area contributed by atoms with Crippen LogP contribution in [0.2, 0.25) is 5.02 Å². The van der Waals surface area contributed by atoms with Gasteiger partial charge in [0.05, 0.1) is 14.8 Å². The van der Waals surface area contributed by atoms with Crippen LogP contribution in [0.3, 0.4) is 0 Å². The van der Waals surface area contributed by atoms with Crippen LogP contribution in [0.15, 0.2) is 78.9 Å². The highest BCUT2D eigenvalue weighted by Gasteiger charge is 2.15. The third-order valence-corrected chi connectivity index (χ3v) is 5.53. The highest BCUT2D eigenvalue weighted by atomic mass is 35.5. The summed E-state index contributed by atoms with van der Waals surface area (Å²) in [7, 11) is -0.951. The van der Waals surface area contributed by atoms with Crippen LogP contribution in [0.5, 0.6) is 5.75 Å². The van der Waals surface area contributed by atoms with Crippen molar-refractivity contribution < 1.29 is 9.63 Å². The molecule has 0 saturated heterocycles. The van der Waals surface area contributed by atoms with Crippen molar-refractivity contribution in [3.63, 3.8) is 0 Å². The molecule has 2 nitrogen and oxygen atoms in total. The standard InChI is InChI=1S/C19H16ClO2P/c20-16-11-12-19(21)15(13-16)14-22-23(17-7-3-1-4-8-17)18-9-5-2-6-10-18/h1-13,21H,14H2. The number of phenols is 1. The molecule has 0 spiro atoms. The van der Waals surface area contributed by atoms with E-state index >= 15 is 0 Å². The highest BCUT2D eigenvalue weighted by molar-refractivity contribution is 7.68. The van der Waals surface area contributed by atoms with Crippen LogP contribution in [-0.4, -0.2) is 5.11 Å². The molecule has 0 unspecified atom stereocenters. The Labute approximate surface area is 142 Å². The molecule has 1 N–H and O–H groups in total. The normalized spacial score (nSPS) is 10.9. The van der Waals surface area contributed by atoms with Crippen molar-refractivity contribution in [3.05, 3.63) is 89.4 Å². The van der Waals surface area contributed by atoms with E-state index in [1.54, 1.807) is 18.2 Å². The van der Waals surface area contributed by atoms with Crippen LogP contribution in [0.1, 0.15) is 5.56 Å². The topological polar surface area (TPSA) is 29.5 Å². The van der Waals surface area contributed by atoms with Crippen molar-refractivity contribution in [2.45, 2.75) is 6.61 Å². The zero-order valence-electron chi connectivity index (χ0n) is 12.4. The van der Waals surface area contributed by atoms with Gasteiger partial charge in [-0.25, -0.2) is 0 Å². The molecule has 0 atom stereocenters. The summed E-state index contributed by atoms with van der Waals surface area (Å²) >= 11 is 6.00. The Kier molecular flexibility index (Phi) is 5.30. The van der Waals surface area contributed by atoms with Gasteiger partial charge in [-0.05, 0) is 18.2 Å². The van der Waals surface area contributed by atoms with Gasteiger partial charge in [0.15, 0.2) is 0 Å². The Morgan fingerprint density at radius 1 is 0.826 bits per heavy atom. The van der Waals surface area contributed by atoms with Crippen LogP contribution in [0.4, 0.5) is 0 Å². The van der Waals surface area contributed by atoms with Gasteiger partial charge in [-0.1, -0.05) is 72.3 Å². The number of halogens is 1. The fourth-order valence-corrected chi connectivity index (χ4v) is 4.17. The molecule has 0 heterocycles. The minimum absolute atomic E-state index is 0.200. The lowest BCUT2D eigenvalue weighted by Crippen LogP contribution is -2.13. The Morgan fingerprint density at radius 3 is 1.96 bits per heavy atom. The van der Waals surface area contributed by atoms with E-state index in [0.29, 0.717) is 17.2 Å². The molecule has 116 valence electrons. The smallest absolute Gasteiger partial charge is 0.121 e. The van der Waals surface area contributed by atoms with E-state index in [1.807, 2.05) is 36.4 Å². The van der Waals surface area contributed by atoms with Gasteiger partial charge < -0.3 is 9.63 Å². The van der Waals surface area contributed by atoms with E-state index in [2.05, 4.69) is 24.3 Å². The maximum absolute atomic E-state index is 9.96. The summed E-state index contributed by atoms with van der Waals surface area (Å²) in [5, 5.41) is 12.8. The van der Waals surface area contributed by atoms with Crippen molar-refractivity contribution in [2.75, 3.05) is 0 Å². The number of hydrogen-bond donors (Lipinski definition) is 1. The lowest BCUT2D eigenvalue weighted by molar-refractivity contribution is 0.339. The first-order valence-corrected chi connectivity index (χ1v) is 8.88. The first-order chi connectivity index (χ1) is 11.2. The molecule has 3 rings (SSSR count). The number of rotatable bonds is 5. The number of hydrogen-bond acceptors (Lipinski definition) is 2. The average Bonchev–Trinajstić information content (AvgIpc) is 2.60. The summed E-state index contributed by atoms with van der Waals surface area (Å²) in [6, 6.07) is 25.3. The number of benzene rings is 3. The van der Waals surface area contributed by atoms with Crippen molar-refractivity contribution >= 4 is 30.4 Å². The SMILES string of the molecule is Oc1ccc(Cl)cc1COP(c1ccccc1)c1ccccc1. The van der Waals surface area contributed by atoms with Gasteiger partial charge in [-0.3, -0.25) is 0 Å². The monoisotopic (exact) mass is 342 g/mol. The van der Waals surface area contributed by atoms with Crippen molar-refractivity contribution in [1.29, 1.82) is 0 Å². The van der Waals surface area contributed by atoms with Gasteiger partial charge in [-0.15, -0.1) is 0 Å². The molecule has 0 aromatic heterocycles. The van der Waals surface area contributed by atoms with Crippen LogP contribution >= 0.6 is 19.7 Å². The second kappa shape index (κ2) is 7.61. The van der Waals surface area contributed by atoms with Gasteiger partial charge in [0.25, 0.3) is 0 Å². The van der Waals surface area contributed by atoms with Gasteiger partial charge in [0.2, 0.25) is 0 Å². The third kappa shape index (κ3) is 4.11. The summed E-state index contributed by atoms with van der Waals surface area (Å²) < 4.78 is 6.18. The van der Waals surface area contributed by atoms with Crippen LogP contribution in [-0.2, 0) is 11.1 Å². The first-order valence-electron chi connectivity index (χ1n) is 7.24. The Morgan fingerprint density at radius 2 is 1.39 bits per heavy atom. The predicted octanol–water partition coefficient (Wildman–Crippen LogP) is 4.61. The first kappa shape index (κ1) is 16.0. The molecular formula is C19H16ClO2P. The fourth-order valence-electron chi connectivity index (χ4n) is 2.23. The summed E-state index contributed by atoms with van der Waals surface area (Å²) in [5.74, 6) is 0.200. The fraction of sp³-hybridized carbons (Fsp3) is 0.0526. The van der Waals surface area contributed by atoms with Gasteiger partial charge in [-0.2, -0.15) is 0 Å². The minimum atomic E-state index is -0.951. The van der Waals surface area contributed by atoms with E-state index in [1.165, 1.54) is 0 Å². The van der Waals surface area contributed by atoms with Crippen molar-refractivity contribution in [1.82, 2.24) is 0 Å². The van der Waals surface area contributed by atoms with E-state index in [9.17, 15) is 5.11 Å². The predicted molar refractivity (Wildman–Crippen MR) is 97.0 cm³/mol. The molecule has 0 saturated carbocycles. The van der Waals surface area contributed by atoms with Gasteiger partial charge in [0, 0.05) is 21.2 Å². The second-order valence-electron chi connectivity index (χ2n) is 5.01. The highest BCUT2D eigenvalue weighted by Crippen LogP contribution is 2.37. The molecule has 0 aliphatic heterocycles. The number of phenolic OH excluding ortho intramolecular Hbond substituents is 1. The summed E-state index contributed by atoms with van der Waals surface area (Å²) in [6.45, 7) is 0.307. The Hall–Kier alpha value is -1.86. The summed E-state index contributed by atoms with van der Waals surface area (Å²) in [4.78, 5) is 0. The average molecular weight is 343 g/mol. The zero-order chi connectivity index (χ0) is 16.1. The van der Waals surface area contributed by atoms with Crippen molar-refractivity contribution in [3.8, 4) is 5.75 Å². The Balaban J connectivity index is 1.86. The molecule has 4 heteroatoms. The van der Waals surface area contributed by atoms with Crippen LogP contribution < -0.4 is 10.6 Å². The van der Waals surface area contributed by atoms with E-state index < -0.39 is 8.15 Å². The molecule has 0 fully saturated rings. The molecule has 0 bridgehead atoms. The van der Waals surface area contributed by atoms with E-state index in [-0.39, 0.29) is 5.75 Å². The van der Waals surface area contributed by atoms with E-state index in [4.69, 9.17) is 16.1 Å². The van der Waals surface area contributed by atoms with Crippen molar-refractivity contribution in [2.24, 2.45) is 0 Å². The molecule has 3 aromatic rings. The third-order valence-electron chi connectivity index (χ3n) is 3.37. The van der Waals surface area contributed by atoms with E-state index in [0.717, 1.165) is 10.6 Å². The molecule has 0 amide bonds. The molecule has 0 aliphatic carbocycles. The maximum Gasteiger partial charge on any atom is 0.121 e. The van der Waals surface area contributed by atoms with Crippen LogP contribution in [0.25, 0.3) is 0 Å².